The molecule has 3 aromatic heterocycles. The predicted molar refractivity (Wildman–Crippen MR) is 143 cm³/mol. The number of nitriles is 1. The third-order valence-electron chi connectivity index (χ3n) is 7.43. The number of ether oxygens (including phenoxy) is 1. The molecule has 38 heavy (non-hydrogen) atoms. The fraction of sp³-hybridized carbons (Fsp3) is 0.429. The molecule has 2 fully saturated rings. The van der Waals surface area contributed by atoms with E-state index in [-0.39, 0.29) is 18.4 Å². The van der Waals surface area contributed by atoms with Crippen molar-refractivity contribution in [1.82, 2.24) is 24.8 Å². The maximum atomic E-state index is 14.7. The van der Waals surface area contributed by atoms with E-state index in [0.29, 0.717) is 68.9 Å². The molecule has 1 N–H and O–H groups in total. The molecule has 0 radical (unpaired) electrons. The van der Waals surface area contributed by atoms with Crippen LogP contribution < -0.4 is 15.0 Å². The van der Waals surface area contributed by atoms with Crippen LogP contribution >= 0.6 is 0 Å². The molecular weight excluding hydrogens is 485 g/mol. The van der Waals surface area contributed by atoms with Crippen molar-refractivity contribution in [3.63, 3.8) is 0 Å². The fourth-order valence-electron chi connectivity index (χ4n) is 5.03. The second kappa shape index (κ2) is 10.8. The van der Waals surface area contributed by atoms with Gasteiger partial charge in [0, 0.05) is 56.5 Å². The van der Waals surface area contributed by atoms with Crippen molar-refractivity contribution in [2.24, 2.45) is 5.92 Å². The molecule has 2 aliphatic heterocycles. The summed E-state index contributed by atoms with van der Waals surface area (Å²) in [6, 6.07) is 7.98. The zero-order valence-corrected chi connectivity index (χ0v) is 21.6. The summed E-state index contributed by atoms with van der Waals surface area (Å²) in [6.45, 7) is 9.53. The van der Waals surface area contributed by atoms with Gasteiger partial charge in [-0.15, -0.1) is 6.58 Å². The van der Waals surface area contributed by atoms with Crippen LogP contribution in [0.2, 0.25) is 0 Å². The second-order valence-corrected chi connectivity index (χ2v) is 9.97. The number of carbonyl (C=O) groups is 1. The van der Waals surface area contributed by atoms with Gasteiger partial charge in [-0.25, -0.2) is 13.9 Å². The van der Waals surface area contributed by atoms with E-state index in [4.69, 9.17) is 9.72 Å². The lowest BCUT2D eigenvalue weighted by Gasteiger charge is -2.36. The van der Waals surface area contributed by atoms with Crippen molar-refractivity contribution in [3.8, 4) is 22.9 Å². The lowest BCUT2D eigenvalue weighted by molar-refractivity contribution is -0.133. The number of alkyl halides is 1. The first-order valence-electron chi connectivity index (χ1n) is 13.0. The van der Waals surface area contributed by atoms with Gasteiger partial charge in [-0.3, -0.25) is 4.79 Å². The maximum Gasteiger partial charge on any atom is 0.229 e. The lowest BCUT2D eigenvalue weighted by Crippen LogP contribution is -2.50. The molecule has 0 aliphatic carbocycles. The maximum absolute atomic E-state index is 14.7. The van der Waals surface area contributed by atoms with Crippen molar-refractivity contribution in [1.29, 1.82) is 5.26 Å². The number of nitrogens with one attached hydrogen (secondary N) is 1. The van der Waals surface area contributed by atoms with E-state index in [9.17, 15) is 14.4 Å². The number of rotatable bonds is 8. The minimum absolute atomic E-state index is 0.102. The van der Waals surface area contributed by atoms with Crippen molar-refractivity contribution in [2.75, 3.05) is 50.8 Å². The Hall–Kier alpha value is -3.97. The van der Waals surface area contributed by atoms with E-state index in [1.807, 2.05) is 30.0 Å². The molecule has 2 atom stereocenters. The van der Waals surface area contributed by atoms with Gasteiger partial charge >= 0.3 is 0 Å². The summed E-state index contributed by atoms with van der Waals surface area (Å²) >= 11 is 0. The Morgan fingerprint density at radius 3 is 2.82 bits per heavy atom. The number of amides is 1. The molecule has 2 unspecified atom stereocenters. The minimum Gasteiger partial charge on any atom is -0.492 e. The van der Waals surface area contributed by atoms with Crippen LogP contribution in [0.1, 0.15) is 25.3 Å². The molecule has 0 aromatic carbocycles. The monoisotopic (exact) mass is 517 g/mol. The average Bonchev–Trinajstić information content (AvgIpc) is 3.58. The van der Waals surface area contributed by atoms with Crippen LogP contribution in [0.5, 0.6) is 5.75 Å². The van der Waals surface area contributed by atoms with Crippen LogP contribution in [0.4, 0.5) is 10.2 Å². The topological polar surface area (TPSA) is 98.8 Å². The Balaban J connectivity index is 1.33. The standard InChI is InChI=1S/C28H32FN7O2/c1-3-20(2)27(37)35-11-9-34(10-12-35)25-5-4-21(16-32-25)24-14-23(18-36-26(24)22(15-30)17-33-36)38-13-7-28(29)6-8-31-19-28/h3-5,14,16-18,20,31H,1,6-13,19H2,2H3. The highest BCUT2D eigenvalue weighted by Gasteiger charge is 2.33. The number of nitrogens with zero attached hydrogens (tertiary/aromatic N) is 6. The highest BCUT2D eigenvalue weighted by atomic mass is 19.1. The summed E-state index contributed by atoms with van der Waals surface area (Å²) in [6.07, 6.45) is 7.49. The van der Waals surface area contributed by atoms with Gasteiger partial charge in [0.1, 0.15) is 23.3 Å². The number of piperazine rings is 1. The van der Waals surface area contributed by atoms with Gasteiger partial charge in [0.15, 0.2) is 0 Å². The van der Waals surface area contributed by atoms with Crippen molar-refractivity contribution in [2.45, 2.75) is 25.4 Å². The van der Waals surface area contributed by atoms with Crippen LogP contribution in [-0.2, 0) is 4.79 Å². The summed E-state index contributed by atoms with van der Waals surface area (Å²) in [5.74, 6) is 1.29. The quantitative estimate of drug-likeness (QED) is 0.458. The summed E-state index contributed by atoms with van der Waals surface area (Å²) in [4.78, 5) is 21.2. The van der Waals surface area contributed by atoms with Gasteiger partial charge in [0.2, 0.25) is 5.91 Å². The van der Waals surface area contributed by atoms with Crippen LogP contribution in [0.3, 0.4) is 0 Å². The Bertz CT molecular complexity index is 1350. The first-order chi connectivity index (χ1) is 18.4. The van der Waals surface area contributed by atoms with E-state index in [2.05, 4.69) is 28.0 Å². The summed E-state index contributed by atoms with van der Waals surface area (Å²) in [5.41, 5.74) is 1.46. The molecule has 10 heteroatoms. The summed E-state index contributed by atoms with van der Waals surface area (Å²) < 4.78 is 22.3. The molecular formula is C28H32FN7O2. The van der Waals surface area contributed by atoms with Crippen molar-refractivity contribution in [3.05, 3.63) is 55.0 Å². The van der Waals surface area contributed by atoms with Gasteiger partial charge in [0.25, 0.3) is 0 Å². The van der Waals surface area contributed by atoms with E-state index in [1.54, 1.807) is 23.0 Å². The zero-order chi connectivity index (χ0) is 26.7. The number of pyridine rings is 2. The molecule has 5 heterocycles. The third-order valence-corrected chi connectivity index (χ3v) is 7.43. The Labute approximate surface area is 221 Å². The van der Waals surface area contributed by atoms with Gasteiger partial charge in [-0.1, -0.05) is 13.0 Å². The molecule has 9 nitrogen and oxygen atoms in total. The van der Waals surface area contributed by atoms with Gasteiger partial charge in [-0.05, 0) is 31.2 Å². The van der Waals surface area contributed by atoms with E-state index >= 15 is 0 Å². The van der Waals surface area contributed by atoms with Crippen LogP contribution in [0, 0.1) is 17.2 Å². The largest absolute Gasteiger partial charge is 0.492 e. The Morgan fingerprint density at radius 2 is 2.16 bits per heavy atom. The molecule has 3 aromatic rings. The number of hydrogen-bond acceptors (Lipinski definition) is 7. The average molecular weight is 518 g/mol. The second-order valence-electron chi connectivity index (χ2n) is 9.97. The number of anilines is 1. The van der Waals surface area contributed by atoms with Crippen LogP contribution in [-0.4, -0.2) is 76.9 Å². The molecule has 0 spiro atoms. The van der Waals surface area contributed by atoms with E-state index < -0.39 is 5.67 Å². The first kappa shape index (κ1) is 25.7. The number of fused-ring (bicyclic) bond motifs is 1. The Morgan fingerprint density at radius 1 is 1.34 bits per heavy atom. The number of carbonyl (C=O) groups excluding carboxylic acids is 1. The third kappa shape index (κ3) is 5.20. The zero-order valence-electron chi connectivity index (χ0n) is 21.6. The highest BCUT2D eigenvalue weighted by Crippen LogP contribution is 2.32. The predicted octanol–water partition coefficient (Wildman–Crippen LogP) is 3.21. The summed E-state index contributed by atoms with van der Waals surface area (Å²) in [5, 5.41) is 17.0. The molecule has 2 aliphatic rings. The van der Waals surface area contributed by atoms with Crippen LogP contribution in [0.25, 0.3) is 16.6 Å². The molecule has 0 saturated carbocycles. The molecule has 0 bridgehead atoms. The number of halogens is 1. The lowest BCUT2D eigenvalue weighted by atomic mass is 10.0. The Kier molecular flexibility index (Phi) is 7.29. The van der Waals surface area contributed by atoms with Crippen LogP contribution in [0.15, 0.2) is 49.4 Å². The van der Waals surface area contributed by atoms with Crippen molar-refractivity contribution < 1.29 is 13.9 Å². The van der Waals surface area contributed by atoms with Crippen molar-refractivity contribution >= 4 is 17.2 Å². The fourth-order valence-corrected chi connectivity index (χ4v) is 5.03. The highest BCUT2D eigenvalue weighted by molar-refractivity contribution is 5.85. The smallest absolute Gasteiger partial charge is 0.229 e. The van der Waals surface area contributed by atoms with Gasteiger partial charge in [-0.2, -0.15) is 10.4 Å². The summed E-state index contributed by atoms with van der Waals surface area (Å²) in [7, 11) is 0. The number of aromatic nitrogens is 3. The van der Waals surface area contributed by atoms with Gasteiger partial charge in [0.05, 0.1) is 36.0 Å². The first-order valence-corrected chi connectivity index (χ1v) is 13.0. The molecule has 5 rings (SSSR count). The van der Waals surface area contributed by atoms with E-state index in [1.165, 1.54) is 6.20 Å². The SMILES string of the molecule is C=CC(C)C(=O)N1CCN(c2ccc(-c3cc(OCCC4(F)CCNC4)cn4ncc(C#N)c34)cn2)CC1. The van der Waals surface area contributed by atoms with Gasteiger partial charge < -0.3 is 19.9 Å². The molecule has 198 valence electrons. The minimum atomic E-state index is -1.24. The molecule has 2 saturated heterocycles. The normalized spacial score (nSPS) is 20.3. The van der Waals surface area contributed by atoms with E-state index in [0.717, 1.165) is 16.9 Å². The molecule has 1 amide bonds. The number of hydrogen-bond donors (Lipinski definition) is 1.